The summed E-state index contributed by atoms with van der Waals surface area (Å²) in [6.45, 7) is 3.29. The van der Waals surface area contributed by atoms with E-state index in [1.807, 2.05) is 63.2 Å². The first-order valence-corrected chi connectivity index (χ1v) is 9.44. The number of carbonyl (C=O) groups excluding carboxylic acids is 2. The van der Waals surface area contributed by atoms with E-state index in [9.17, 15) is 14.4 Å². The molecular weight excluding hydrogens is 378 g/mol. The summed E-state index contributed by atoms with van der Waals surface area (Å²) in [6, 6.07) is 10.1. The Kier molecular flexibility index (Phi) is 5.33. The highest BCUT2D eigenvalue weighted by Gasteiger charge is 2.36. The molecule has 1 aliphatic heterocycles. The monoisotopic (exact) mass is 399 g/mol. The van der Waals surface area contributed by atoms with Crippen molar-refractivity contribution in [2.45, 2.75) is 13.8 Å². The van der Waals surface area contributed by atoms with Gasteiger partial charge in [0.1, 0.15) is 6.54 Å². The third kappa shape index (κ3) is 3.68. The number of nitrogens with zero attached hydrogens (tertiary/aromatic N) is 3. The summed E-state index contributed by atoms with van der Waals surface area (Å²) in [5.74, 6) is -1.79. The van der Waals surface area contributed by atoms with E-state index >= 15 is 0 Å². The minimum atomic E-state index is -1.22. The molecule has 1 N–H and O–H groups in total. The maximum atomic E-state index is 12.4. The minimum Gasteiger partial charge on any atom is -0.480 e. The van der Waals surface area contributed by atoms with Gasteiger partial charge in [0, 0.05) is 36.9 Å². The molecule has 0 unspecified atom stereocenters. The quantitative estimate of drug-likeness (QED) is 0.777. The molecule has 0 radical (unpaired) electrons. The van der Waals surface area contributed by atoms with Crippen LogP contribution >= 0.6 is 11.8 Å². The van der Waals surface area contributed by atoms with Crippen LogP contribution in [0.4, 0.5) is 10.5 Å². The summed E-state index contributed by atoms with van der Waals surface area (Å²) in [5, 5.41) is 8.30. The van der Waals surface area contributed by atoms with Gasteiger partial charge in [-0.15, -0.1) is 0 Å². The lowest BCUT2D eigenvalue weighted by Gasteiger charge is -2.14. The molecule has 28 heavy (non-hydrogen) atoms. The van der Waals surface area contributed by atoms with Gasteiger partial charge in [-0.2, -0.15) is 0 Å². The number of aliphatic carboxylic acids is 1. The topological polar surface area (TPSA) is 82.9 Å². The summed E-state index contributed by atoms with van der Waals surface area (Å²) in [7, 11) is 3.97. The van der Waals surface area contributed by atoms with Gasteiger partial charge >= 0.3 is 5.97 Å². The molecule has 1 aromatic heterocycles. The molecule has 0 bridgehead atoms. The van der Waals surface area contributed by atoms with Gasteiger partial charge in [0.05, 0.1) is 4.91 Å². The van der Waals surface area contributed by atoms with Gasteiger partial charge in [-0.3, -0.25) is 19.3 Å². The lowest BCUT2D eigenvalue weighted by Crippen LogP contribution is -2.33. The van der Waals surface area contributed by atoms with E-state index in [1.54, 1.807) is 6.08 Å². The number of hydrogen-bond acceptors (Lipinski definition) is 5. The maximum Gasteiger partial charge on any atom is 0.323 e. The summed E-state index contributed by atoms with van der Waals surface area (Å²) >= 11 is 0.764. The number of rotatable bonds is 5. The Balaban J connectivity index is 1.94. The zero-order chi connectivity index (χ0) is 20.6. The third-order valence-electron chi connectivity index (χ3n) is 4.55. The molecule has 0 spiro atoms. The first-order chi connectivity index (χ1) is 13.2. The van der Waals surface area contributed by atoms with Crippen LogP contribution in [0.2, 0.25) is 0 Å². The standard InChI is InChI=1S/C20H21N3O4S/c1-12-9-14(10-17-19(26)22(11-18(24)25)20(27)28-17)13(2)23(12)16-7-5-15(6-8-16)21(3)4/h5-10H,11H2,1-4H3,(H,24,25)/b17-10+. The second-order valence-corrected chi connectivity index (χ2v) is 7.73. The lowest BCUT2D eigenvalue weighted by atomic mass is 10.2. The number of aromatic nitrogens is 1. The fourth-order valence-corrected chi connectivity index (χ4v) is 3.97. The van der Waals surface area contributed by atoms with E-state index in [0.29, 0.717) is 0 Å². The number of aryl methyl sites for hydroxylation is 1. The summed E-state index contributed by atoms with van der Waals surface area (Å²) in [4.78, 5) is 38.2. The van der Waals surface area contributed by atoms with Crippen LogP contribution < -0.4 is 4.90 Å². The second kappa shape index (κ2) is 7.55. The highest BCUT2D eigenvalue weighted by atomic mass is 32.2. The number of thioether (sulfide) groups is 1. The Morgan fingerprint density at radius 1 is 1.18 bits per heavy atom. The van der Waals surface area contributed by atoms with E-state index in [-0.39, 0.29) is 4.91 Å². The molecule has 7 nitrogen and oxygen atoms in total. The van der Waals surface area contributed by atoms with Gasteiger partial charge in [0.15, 0.2) is 0 Å². The molecule has 1 aliphatic rings. The van der Waals surface area contributed by atoms with E-state index in [1.165, 1.54) is 0 Å². The van der Waals surface area contributed by atoms with Crippen LogP contribution in [0.5, 0.6) is 0 Å². The molecule has 8 heteroatoms. The predicted molar refractivity (Wildman–Crippen MR) is 110 cm³/mol. The molecule has 146 valence electrons. The molecule has 1 saturated heterocycles. The fraction of sp³-hybridized carbons (Fsp3) is 0.250. The first-order valence-electron chi connectivity index (χ1n) is 8.63. The van der Waals surface area contributed by atoms with Gasteiger partial charge in [-0.05, 0) is 67.6 Å². The molecule has 0 saturated carbocycles. The van der Waals surface area contributed by atoms with Gasteiger partial charge in [0.2, 0.25) is 0 Å². The van der Waals surface area contributed by atoms with Crippen molar-refractivity contribution in [1.29, 1.82) is 0 Å². The molecule has 2 heterocycles. The molecule has 2 aromatic rings. The number of anilines is 1. The van der Waals surface area contributed by atoms with Crippen molar-refractivity contribution in [1.82, 2.24) is 9.47 Å². The van der Waals surface area contributed by atoms with Crippen molar-refractivity contribution in [3.05, 3.63) is 52.2 Å². The van der Waals surface area contributed by atoms with Crippen molar-refractivity contribution >= 4 is 40.6 Å². The molecule has 2 amide bonds. The van der Waals surface area contributed by atoms with Gasteiger partial charge in [-0.1, -0.05) is 0 Å². The Morgan fingerprint density at radius 2 is 1.82 bits per heavy atom. The average molecular weight is 399 g/mol. The minimum absolute atomic E-state index is 0.231. The third-order valence-corrected chi connectivity index (χ3v) is 5.46. The first kappa shape index (κ1) is 19.8. The Labute approximate surface area is 167 Å². The van der Waals surface area contributed by atoms with Gasteiger partial charge in [0.25, 0.3) is 11.1 Å². The van der Waals surface area contributed by atoms with E-state index < -0.39 is 23.7 Å². The van der Waals surface area contributed by atoms with Crippen LogP contribution in [0.25, 0.3) is 11.8 Å². The van der Waals surface area contributed by atoms with E-state index in [4.69, 9.17) is 5.11 Å². The number of amides is 2. The smallest absolute Gasteiger partial charge is 0.323 e. The second-order valence-electron chi connectivity index (χ2n) is 6.73. The van der Waals surface area contributed by atoms with Crippen LogP contribution in [0, 0.1) is 13.8 Å². The van der Waals surface area contributed by atoms with E-state index in [0.717, 1.165) is 45.0 Å². The molecule has 1 aromatic carbocycles. The molecule has 0 aliphatic carbocycles. The number of carbonyl (C=O) groups is 3. The van der Waals surface area contributed by atoms with Crippen molar-refractivity contribution in [3.8, 4) is 5.69 Å². The normalized spacial score (nSPS) is 15.6. The van der Waals surface area contributed by atoms with Crippen LogP contribution in [-0.2, 0) is 9.59 Å². The molecule has 3 rings (SSSR count). The number of carboxylic acid groups (broad SMARTS) is 1. The Morgan fingerprint density at radius 3 is 2.39 bits per heavy atom. The van der Waals surface area contributed by atoms with Crippen molar-refractivity contribution in [2.24, 2.45) is 0 Å². The average Bonchev–Trinajstić information content (AvgIpc) is 3.05. The zero-order valence-corrected chi connectivity index (χ0v) is 16.9. The van der Waals surface area contributed by atoms with Crippen LogP contribution in [0.1, 0.15) is 17.0 Å². The summed E-state index contributed by atoms with van der Waals surface area (Å²) < 4.78 is 2.08. The lowest BCUT2D eigenvalue weighted by molar-refractivity contribution is -0.140. The predicted octanol–water partition coefficient (Wildman–Crippen LogP) is 3.28. The van der Waals surface area contributed by atoms with Crippen molar-refractivity contribution < 1.29 is 19.5 Å². The highest BCUT2D eigenvalue weighted by Crippen LogP contribution is 2.33. The Hall–Kier alpha value is -3.00. The SMILES string of the molecule is Cc1cc(/C=C2/SC(=O)N(CC(=O)O)C2=O)c(C)n1-c1ccc(N(C)C)cc1. The largest absolute Gasteiger partial charge is 0.480 e. The molecule has 0 atom stereocenters. The molecule has 1 fully saturated rings. The number of hydrogen-bond donors (Lipinski definition) is 1. The highest BCUT2D eigenvalue weighted by molar-refractivity contribution is 8.18. The number of benzene rings is 1. The van der Waals surface area contributed by atoms with Crippen LogP contribution in [0.3, 0.4) is 0 Å². The van der Waals surface area contributed by atoms with Crippen molar-refractivity contribution in [3.63, 3.8) is 0 Å². The summed E-state index contributed by atoms with van der Waals surface area (Å²) in [5.41, 5.74) is 4.83. The van der Waals surface area contributed by atoms with E-state index in [2.05, 4.69) is 4.57 Å². The van der Waals surface area contributed by atoms with Crippen LogP contribution in [0.15, 0.2) is 35.2 Å². The van der Waals surface area contributed by atoms with Gasteiger partial charge in [-0.25, -0.2) is 0 Å². The number of imide groups is 1. The number of carboxylic acids is 1. The van der Waals surface area contributed by atoms with Crippen LogP contribution in [-0.4, -0.2) is 52.3 Å². The van der Waals surface area contributed by atoms with Gasteiger partial charge < -0.3 is 14.6 Å². The molecular formula is C20H21N3O4S. The summed E-state index contributed by atoms with van der Waals surface area (Å²) in [6.07, 6.45) is 1.65. The Bertz CT molecular complexity index is 990. The fourth-order valence-electron chi connectivity index (χ4n) is 3.14. The maximum absolute atomic E-state index is 12.4. The van der Waals surface area contributed by atoms with Crippen molar-refractivity contribution in [2.75, 3.05) is 25.5 Å². The zero-order valence-electron chi connectivity index (χ0n) is 16.1.